The van der Waals surface area contributed by atoms with Crippen LogP contribution in [0.2, 0.25) is 0 Å². The lowest BCUT2D eigenvalue weighted by atomic mass is 10.2. The van der Waals surface area contributed by atoms with Crippen molar-refractivity contribution in [2.75, 3.05) is 0 Å². The molecule has 0 fully saturated rings. The number of alkyl halides is 1. The van der Waals surface area contributed by atoms with Crippen LogP contribution in [0.25, 0.3) is 0 Å². The van der Waals surface area contributed by atoms with Gasteiger partial charge in [0.2, 0.25) is 0 Å². The van der Waals surface area contributed by atoms with E-state index in [1.807, 2.05) is 12.1 Å². The van der Waals surface area contributed by atoms with Crippen LogP contribution in [0, 0.1) is 11.6 Å². The minimum Gasteiger partial charge on any atom is -0.486 e. The van der Waals surface area contributed by atoms with Gasteiger partial charge < -0.3 is 4.74 Å². The molecule has 0 aromatic heterocycles. The molecule has 0 bridgehead atoms. The highest BCUT2D eigenvalue weighted by Gasteiger charge is 2.11. The highest BCUT2D eigenvalue weighted by Crippen LogP contribution is 2.35. The molecule has 0 N–H and O–H groups in total. The van der Waals surface area contributed by atoms with Gasteiger partial charge in [0.15, 0.2) is 0 Å². The second-order valence-corrected chi connectivity index (χ2v) is 6.02. The number of rotatable bonds is 4. The van der Waals surface area contributed by atoms with E-state index in [4.69, 9.17) is 16.3 Å². The van der Waals surface area contributed by atoms with Gasteiger partial charge in [-0.2, -0.15) is 0 Å². The zero-order chi connectivity index (χ0) is 14.7. The molecular weight excluding hydrogens is 417 g/mol. The highest BCUT2D eigenvalue weighted by atomic mass is 79.9. The van der Waals surface area contributed by atoms with Crippen molar-refractivity contribution in [3.8, 4) is 5.75 Å². The van der Waals surface area contributed by atoms with E-state index >= 15 is 0 Å². The summed E-state index contributed by atoms with van der Waals surface area (Å²) in [5.41, 5.74) is 1.21. The zero-order valence-electron chi connectivity index (χ0n) is 10.1. The van der Waals surface area contributed by atoms with Gasteiger partial charge in [0, 0.05) is 17.5 Å². The summed E-state index contributed by atoms with van der Waals surface area (Å²) in [5.74, 6) is -0.318. The molecule has 0 atom stereocenters. The van der Waals surface area contributed by atoms with Gasteiger partial charge in [-0.1, -0.05) is 0 Å². The smallest absolute Gasteiger partial charge is 0.148 e. The third-order valence-corrected chi connectivity index (χ3v) is 4.09. The maximum absolute atomic E-state index is 13.5. The molecule has 0 radical (unpaired) electrons. The average molecular weight is 426 g/mol. The molecule has 20 heavy (non-hydrogen) atoms. The van der Waals surface area contributed by atoms with Crippen molar-refractivity contribution in [3.05, 3.63) is 62.0 Å². The fraction of sp³-hybridized carbons (Fsp3) is 0.143. The summed E-state index contributed by atoms with van der Waals surface area (Å²) in [6.45, 7) is 0.00351. The zero-order valence-corrected chi connectivity index (χ0v) is 14.0. The van der Waals surface area contributed by atoms with Crippen LogP contribution in [0.1, 0.15) is 11.1 Å². The maximum atomic E-state index is 13.5. The van der Waals surface area contributed by atoms with E-state index in [1.54, 1.807) is 0 Å². The molecule has 0 aliphatic rings. The molecule has 0 saturated carbocycles. The third-order valence-electron chi connectivity index (χ3n) is 2.60. The van der Waals surface area contributed by atoms with Crippen molar-refractivity contribution in [3.63, 3.8) is 0 Å². The molecule has 106 valence electrons. The number of hydrogen-bond donors (Lipinski definition) is 0. The first-order chi connectivity index (χ1) is 9.51. The van der Waals surface area contributed by atoms with Gasteiger partial charge in [0.1, 0.15) is 24.0 Å². The van der Waals surface area contributed by atoms with Gasteiger partial charge in [0.05, 0.1) is 8.95 Å². The topological polar surface area (TPSA) is 9.23 Å². The van der Waals surface area contributed by atoms with E-state index in [9.17, 15) is 8.78 Å². The van der Waals surface area contributed by atoms with Gasteiger partial charge in [-0.15, -0.1) is 11.6 Å². The Kier molecular flexibility index (Phi) is 5.41. The first-order valence-electron chi connectivity index (χ1n) is 5.62. The molecule has 2 aromatic rings. The minimum atomic E-state index is -0.630. The van der Waals surface area contributed by atoms with Crippen molar-refractivity contribution in [1.82, 2.24) is 0 Å². The predicted molar refractivity (Wildman–Crippen MR) is 82.1 cm³/mol. The van der Waals surface area contributed by atoms with Crippen LogP contribution in [-0.4, -0.2) is 0 Å². The fourth-order valence-electron chi connectivity index (χ4n) is 1.62. The lowest BCUT2D eigenvalue weighted by molar-refractivity contribution is 0.295. The van der Waals surface area contributed by atoms with Gasteiger partial charge >= 0.3 is 0 Å². The van der Waals surface area contributed by atoms with Crippen LogP contribution >= 0.6 is 43.5 Å². The molecule has 0 saturated heterocycles. The minimum absolute atomic E-state index is 0.00351. The maximum Gasteiger partial charge on any atom is 0.148 e. The SMILES string of the molecule is Fc1ccc(COc2c(Br)cc(CCl)cc2Br)c(F)c1. The second kappa shape index (κ2) is 6.87. The highest BCUT2D eigenvalue weighted by molar-refractivity contribution is 9.11. The van der Waals surface area contributed by atoms with Gasteiger partial charge in [-0.05, 0) is 61.7 Å². The molecule has 2 rings (SSSR count). The van der Waals surface area contributed by atoms with Crippen LogP contribution in [-0.2, 0) is 12.5 Å². The Morgan fingerprint density at radius 1 is 1.05 bits per heavy atom. The van der Waals surface area contributed by atoms with Crippen LogP contribution in [0.4, 0.5) is 8.78 Å². The van der Waals surface area contributed by atoms with Crippen molar-refractivity contribution >= 4 is 43.5 Å². The van der Waals surface area contributed by atoms with E-state index < -0.39 is 11.6 Å². The largest absolute Gasteiger partial charge is 0.486 e. The summed E-state index contributed by atoms with van der Waals surface area (Å²) in [6, 6.07) is 7.05. The fourth-order valence-corrected chi connectivity index (χ4v) is 3.28. The Bertz CT molecular complexity index is 612. The van der Waals surface area contributed by atoms with Gasteiger partial charge in [0.25, 0.3) is 0 Å². The van der Waals surface area contributed by atoms with E-state index in [1.165, 1.54) is 12.1 Å². The monoisotopic (exact) mass is 424 g/mol. The summed E-state index contributed by atoms with van der Waals surface area (Å²) in [6.07, 6.45) is 0. The summed E-state index contributed by atoms with van der Waals surface area (Å²) in [5, 5.41) is 0. The van der Waals surface area contributed by atoms with Crippen LogP contribution < -0.4 is 4.74 Å². The van der Waals surface area contributed by atoms with Crippen LogP contribution in [0.3, 0.4) is 0 Å². The van der Waals surface area contributed by atoms with Crippen molar-refractivity contribution in [2.45, 2.75) is 12.5 Å². The molecule has 6 heteroatoms. The molecule has 0 amide bonds. The Balaban J connectivity index is 2.19. The third kappa shape index (κ3) is 3.71. The van der Waals surface area contributed by atoms with Crippen LogP contribution in [0.5, 0.6) is 5.75 Å². The second-order valence-electron chi connectivity index (χ2n) is 4.05. The Morgan fingerprint density at radius 2 is 1.70 bits per heavy atom. The number of ether oxygens (including phenoxy) is 1. The standard InChI is InChI=1S/C14H9Br2ClF2O/c15-11-3-8(6-17)4-12(16)14(11)20-7-9-1-2-10(18)5-13(9)19/h1-5H,6-7H2. The Hall–Kier alpha value is -0.650. The Morgan fingerprint density at radius 3 is 2.25 bits per heavy atom. The summed E-state index contributed by atoms with van der Waals surface area (Å²) < 4.78 is 33.3. The average Bonchev–Trinajstić information content (AvgIpc) is 2.39. The van der Waals surface area contributed by atoms with Crippen LogP contribution in [0.15, 0.2) is 39.3 Å². The van der Waals surface area contributed by atoms with Crippen molar-refractivity contribution < 1.29 is 13.5 Å². The van der Waals surface area contributed by atoms with E-state index in [0.717, 1.165) is 11.6 Å². The molecule has 0 heterocycles. The normalized spacial score (nSPS) is 10.7. The first kappa shape index (κ1) is 15.7. The van der Waals surface area contributed by atoms with E-state index in [-0.39, 0.29) is 12.2 Å². The molecule has 0 aliphatic heterocycles. The lowest BCUT2D eigenvalue weighted by Crippen LogP contribution is -2.00. The number of benzene rings is 2. The summed E-state index contributed by atoms with van der Waals surface area (Å²) in [7, 11) is 0. The van der Waals surface area contributed by atoms with Crippen molar-refractivity contribution in [1.29, 1.82) is 0 Å². The molecule has 0 spiro atoms. The van der Waals surface area contributed by atoms with Gasteiger partial charge in [-0.25, -0.2) is 8.78 Å². The van der Waals surface area contributed by atoms with E-state index in [0.29, 0.717) is 20.6 Å². The summed E-state index contributed by atoms with van der Waals surface area (Å²) >= 11 is 12.5. The number of halogens is 5. The first-order valence-corrected chi connectivity index (χ1v) is 7.74. The molecule has 0 aliphatic carbocycles. The molecule has 0 unspecified atom stereocenters. The molecule has 2 aromatic carbocycles. The van der Waals surface area contributed by atoms with Gasteiger partial charge in [-0.3, -0.25) is 0 Å². The quantitative estimate of drug-likeness (QED) is 0.561. The molecular formula is C14H9Br2ClF2O. The summed E-state index contributed by atoms with van der Waals surface area (Å²) in [4.78, 5) is 0. The lowest BCUT2D eigenvalue weighted by Gasteiger charge is -2.12. The van der Waals surface area contributed by atoms with Crippen molar-refractivity contribution in [2.24, 2.45) is 0 Å². The molecule has 1 nitrogen and oxygen atoms in total. The predicted octanol–water partition coefficient (Wildman–Crippen LogP) is 5.81. The Labute approximate surface area is 137 Å². The number of hydrogen-bond acceptors (Lipinski definition) is 1. The van der Waals surface area contributed by atoms with E-state index in [2.05, 4.69) is 31.9 Å².